The molecule has 112 valence electrons. The first kappa shape index (κ1) is 13.9. The van der Waals surface area contributed by atoms with Crippen LogP contribution in [-0.4, -0.2) is 23.1 Å². The van der Waals surface area contributed by atoms with E-state index in [9.17, 15) is 4.79 Å². The van der Waals surface area contributed by atoms with Crippen molar-refractivity contribution in [3.63, 3.8) is 0 Å². The van der Waals surface area contributed by atoms with Gasteiger partial charge in [0.2, 0.25) is 0 Å². The van der Waals surface area contributed by atoms with Gasteiger partial charge in [-0.3, -0.25) is 4.79 Å². The van der Waals surface area contributed by atoms with Gasteiger partial charge in [0.25, 0.3) is 5.91 Å². The highest BCUT2D eigenvalue weighted by Gasteiger charge is 2.55. The highest BCUT2D eigenvalue weighted by atomic mass is 32.2. The molecule has 2 heterocycles. The van der Waals surface area contributed by atoms with Gasteiger partial charge in [-0.05, 0) is 17.0 Å². The number of benzene rings is 2. The van der Waals surface area contributed by atoms with Crippen molar-refractivity contribution in [2.45, 2.75) is 18.7 Å². The standard InChI is InChI=1S/C19H19NOS/c1-18(2)12-20-17(21)15-10-6-7-11-16(15)19(20,22-13-18)14-8-4-3-5-9-14/h3-11H,12-13H2,1-2H3. The van der Waals surface area contributed by atoms with Crippen LogP contribution in [0.15, 0.2) is 54.6 Å². The van der Waals surface area contributed by atoms with Crippen molar-refractivity contribution < 1.29 is 4.79 Å². The lowest BCUT2D eigenvalue weighted by Crippen LogP contribution is -2.52. The molecule has 1 unspecified atom stereocenters. The van der Waals surface area contributed by atoms with E-state index in [0.717, 1.165) is 23.4 Å². The minimum atomic E-state index is -0.357. The fraction of sp³-hybridized carbons (Fsp3) is 0.316. The van der Waals surface area contributed by atoms with Gasteiger partial charge in [0.05, 0.1) is 0 Å². The molecule has 4 rings (SSSR count). The van der Waals surface area contributed by atoms with E-state index in [-0.39, 0.29) is 16.2 Å². The molecule has 0 aromatic heterocycles. The largest absolute Gasteiger partial charge is 0.315 e. The van der Waals surface area contributed by atoms with E-state index >= 15 is 0 Å². The number of nitrogens with zero attached hydrogens (tertiary/aromatic N) is 1. The maximum atomic E-state index is 13.0. The Bertz CT molecular complexity index is 740. The summed E-state index contributed by atoms with van der Waals surface area (Å²) in [4.78, 5) is 14.7. The Balaban J connectivity index is 1.97. The molecule has 3 heteroatoms. The van der Waals surface area contributed by atoms with E-state index in [1.807, 2.05) is 36.0 Å². The molecule has 1 fully saturated rings. The summed E-state index contributed by atoms with van der Waals surface area (Å²) in [7, 11) is 0. The lowest BCUT2D eigenvalue weighted by molar-refractivity contribution is 0.0628. The van der Waals surface area contributed by atoms with Crippen molar-refractivity contribution in [1.29, 1.82) is 0 Å². The first-order valence-electron chi connectivity index (χ1n) is 7.66. The number of carbonyl (C=O) groups excluding carboxylic acids is 1. The van der Waals surface area contributed by atoms with Crippen LogP contribution in [0.3, 0.4) is 0 Å². The SMILES string of the molecule is CC1(C)CSC2(c3ccccc3)c3ccccc3C(=O)N2C1. The van der Waals surface area contributed by atoms with Crippen LogP contribution < -0.4 is 0 Å². The van der Waals surface area contributed by atoms with Gasteiger partial charge >= 0.3 is 0 Å². The predicted octanol–water partition coefficient (Wildman–Crippen LogP) is 4.12. The normalized spacial score (nSPS) is 25.7. The molecule has 22 heavy (non-hydrogen) atoms. The zero-order valence-electron chi connectivity index (χ0n) is 12.9. The second-order valence-electron chi connectivity index (χ2n) is 6.90. The second kappa shape index (κ2) is 4.63. The van der Waals surface area contributed by atoms with Gasteiger partial charge in [-0.2, -0.15) is 0 Å². The molecule has 2 aromatic carbocycles. The van der Waals surface area contributed by atoms with Crippen LogP contribution in [0.25, 0.3) is 0 Å². The van der Waals surface area contributed by atoms with Crippen molar-refractivity contribution in [3.05, 3.63) is 71.3 Å². The quantitative estimate of drug-likeness (QED) is 0.790. The van der Waals surface area contributed by atoms with Crippen LogP contribution in [0.1, 0.15) is 35.3 Å². The molecule has 0 N–H and O–H groups in total. The highest BCUT2D eigenvalue weighted by Crippen LogP contribution is 2.56. The molecule has 1 atom stereocenters. The Hall–Kier alpha value is -1.74. The molecule has 1 amide bonds. The van der Waals surface area contributed by atoms with Crippen molar-refractivity contribution in [2.75, 3.05) is 12.3 Å². The smallest absolute Gasteiger partial charge is 0.255 e. The number of thioether (sulfide) groups is 1. The summed E-state index contributed by atoms with van der Waals surface area (Å²) >= 11 is 1.89. The maximum absolute atomic E-state index is 13.0. The summed E-state index contributed by atoms with van der Waals surface area (Å²) in [5.74, 6) is 1.21. The second-order valence-corrected chi connectivity index (χ2v) is 8.07. The van der Waals surface area contributed by atoms with Crippen LogP contribution in [0, 0.1) is 5.41 Å². The van der Waals surface area contributed by atoms with Crippen molar-refractivity contribution in [3.8, 4) is 0 Å². The monoisotopic (exact) mass is 309 g/mol. The van der Waals surface area contributed by atoms with Crippen LogP contribution >= 0.6 is 11.8 Å². The summed E-state index contributed by atoms with van der Waals surface area (Å²) in [6.45, 7) is 5.28. The fourth-order valence-electron chi connectivity index (χ4n) is 3.57. The van der Waals surface area contributed by atoms with Crippen LogP contribution in [0.5, 0.6) is 0 Å². The number of amides is 1. The Labute approximate surface area is 135 Å². The van der Waals surface area contributed by atoms with E-state index in [4.69, 9.17) is 0 Å². The summed E-state index contributed by atoms with van der Waals surface area (Å²) in [5.41, 5.74) is 3.35. The molecule has 2 aromatic rings. The Morgan fingerprint density at radius 3 is 2.45 bits per heavy atom. The topological polar surface area (TPSA) is 20.3 Å². The lowest BCUT2D eigenvalue weighted by Gasteiger charge is -2.48. The molecule has 0 spiro atoms. The first-order chi connectivity index (χ1) is 10.5. The Kier molecular flexibility index (Phi) is 2.92. The molecule has 2 aliphatic rings. The zero-order chi connectivity index (χ0) is 15.4. The van der Waals surface area contributed by atoms with E-state index in [2.05, 4.69) is 49.1 Å². The molecule has 0 radical (unpaired) electrons. The number of fused-ring (bicyclic) bond motifs is 3. The number of rotatable bonds is 1. The third kappa shape index (κ3) is 1.78. The van der Waals surface area contributed by atoms with Crippen LogP contribution in [0.2, 0.25) is 0 Å². The molecule has 0 aliphatic carbocycles. The van der Waals surface area contributed by atoms with Gasteiger partial charge in [-0.25, -0.2) is 0 Å². The van der Waals surface area contributed by atoms with Gasteiger partial charge in [0.15, 0.2) is 0 Å². The van der Waals surface area contributed by atoms with Gasteiger partial charge < -0.3 is 4.90 Å². The highest BCUT2D eigenvalue weighted by molar-refractivity contribution is 8.00. The molecular weight excluding hydrogens is 290 g/mol. The molecule has 2 aliphatic heterocycles. The number of hydrogen-bond acceptors (Lipinski definition) is 2. The molecular formula is C19H19NOS. The first-order valence-corrected chi connectivity index (χ1v) is 8.64. The van der Waals surface area contributed by atoms with Gasteiger partial charge in [0.1, 0.15) is 4.87 Å². The average molecular weight is 309 g/mol. The van der Waals surface area contributed by atoms with Gasteiger partial charge in [-0.1, -0.05) is 62.4 Å². The van der Waals surface area contributed by atoms with E-state index in [0.29, 0.717) is 0 Å². The summed E-state index contributed by atoms with van der Waals surface area (Å²) in [5, 5.41) is 0. The van der Waals surface area contributed by atoms with E-state index in [1.54, 1.807) is 0 Å². The summed E-state index contributed by atoms with van der Waals surface area (Å²) in [6.07, 6.45) is 0. The minimum absolute atomic E-state index is 0.140. The maximum Gasteiger partial charge on any atom is 0.255 e. The molecule has 0 saturated carbocycles. The zero-order valence-corrected chi connectivity index (χ0v) is 13.7. The van der Waals surface area contributed by atoms with Gasteiger partial charge in [-0.15, -0.1) is 11.8 Å². The van der Waals surface area contributed by atoms with Crippen LogP contribution in [0.4, 0.5) is 0 Å². The number of carbonyl (C=O) groups is 1. The third-order valence-corrected chi connectivity index (χ3v) is 6.59. The van der Waals surface area contributed by atoms with E-state index < -0.39 is 0 Å². The Morgan fingerprint density at radius 1 is 1.00 bits per heavy atom. The lowest BCUT2D eigenvalue weighted by atomic mass is 9.92. The summed E-state index contributed by atoms with van der Waals surface area (Å²) < 4.78 is 0. The fourth-order valence-corrected chi connectivity index (χ4v) is 5.20. The number of hydrogen-bond donors (Lipinski definition) is 0. The third-order valence-electron chi connectivity index (χ3n) is 4.57. The predicted molar refractivity (Wildman–Crippen MR) is 90.9 cm³/mol. The van der Waals surface area contributed by atoms with Crippen molar-refractivity contribution in [2.24, 2.45) is 5.41 Å². The van der Waals surface area contributed by atoms with Crippen molar-refractivity contribution >= 4 is 17.7 Å². The minimum Gasteiger partial charge on any atom is -0.315 e. The van der Waals surface area contributed by atoms with Crippen molar-refractivity contribution in [1.82, 2.24) is 4.90 Å². The van der Waals surface area contributed by atoms with Crippen LogP contribution in [-0.2, 0) is 4.87 Å². The molecule has 2 nitrogen and oxygen atoms in total. The van der Waals surface area contributed by atoms with Gasteiger partial charge in [0, 0.05) is 23.4 Å². The molecule has 1 saturated heterocycles. The van der Waals surface area contributed by atoms with E-state index in [1.165, 1.54) is 5.56 Å². The summed E-state index contributed by atoms with van der Waals surface area (Å²) in [6, 6.07) is 18.5. The Morgan fingerprint density at radius 2 is 1.68 bits per heavy atom. The average Bonchev–Trinajstić information content (AvgIpc) is 2.78. The molecule has 0 bridgehead atoms.